The molecule has 0 atom stereocenters. The molecule has 0 aliphatic rings. The normalized spacial score (nSPS) is 11.1. The Kier molecular flexibility index (Phi) is 2.55. The number of para-hydroxylation sites is 1. The van der Waals surface area contributed by atoms with Crippen LogP contribution in [0.3, 0.4) is 0 Å². The van der Waals surface area contributed by atoms with E-state index in [1.807, 2.05) is 0 Å². The van der Waals surface area contributed by atoms with Gasteiger partial charge in [-0.15, -0.1) is 0 Å². The summed E-state index contributed by atoms with van der Waals surface area (Å²) in [6.45, 7) is 0.720. The molecule has 0 aliphatic carbocycles. The van der Waals surface area contributed by atoms with Crippen LogP contribution in [0.1, 0.15) is 0 Å². The predicted molar refractivity (Wildman–Crippen MR) is 54.4 cm³/mol. The minimum absolute atomic E-state index is 0.305. The number of hydrogen-bond donors (Lipinski definition) is 1. The summed E-state index contributed by atoms with van der Waals surface area (Å²) in [6, 6.07) is 4.57. The van der Waals surface area contributed by atoms with Crippen molar-refractivity contribution in [1.29, 1.82) is 0 Å². The van der Waals surface area contributed by atoms with Crippen molar-refractivity contribution in [1.82, 2.24) is 9.55 Å². The van der Waals surface area contributed by atoms with E-state index in [0.717, 1.165) is 0 Å². The average Bonchev–Trinajstić information content (AvgIpc) is 2.53. The SMILES string of the molecule is COCCn1c(=O)[nH]c2cccc(F)c21. The van der Waals surface area contributed by atoms with E-state index < -0.39 is 5.82 Å². The summed E-state index contributed by atoms with van der Waals surface area (Å²) in [6.07, 6.45) is 0. The number of imidazole rings is 1. The van der Waals surface area contributed by atoms with Crippen LogP contribution >= 0.6 is 0 Å². The highest BCUT2D eigenvalue weighted by molar-refractivity contribution is 5.75. The summed E-state index contributed by atoms with van der Waals surface area (Å²) in [5, 5.41) is 0. The van der Waals surface area contributed by atoms with E-state index in [2.05, 4.69) is 4.98 Å². The van der Waals surface area contributed by atoms with E-state index in [0.29, 0.717) is 24.2 Å². The standard InChI is InChI=1S/C10H11FN2O2/c1-15-6-5-13-9-7(11)3-2-4-8(9)12-10(13)14/h2-4H,5-6H2,1H3,(H,12,14). The smallest absolute Gasteiger partial charge is 0.326 e. The second kappa shape index (κ2) is 3.86. The number of halogens is 1. The van der Waals surface area contributed by atoms with Crippen molar-refractivity contribution in [3.05, 3.63) is 34.5 Å². The van der Waals surface area contributed by atoms with Gasteiger partial charge in [-0.1, -0.05) is 6.07 Å². The Morgan fingerprint density at radius 3 is 3.07 bits per heavy atom. The molecule has 2 rings (SSSR count). The highest BCUT2D eigenvalue weighted by Gasteiger charge is 2.09. The van der Waals surface area contributed by atoms with Crippen LogP contribution in [0.5, 0.6) is 0 Å². The number of methoxy groups -OCH3 is 1. The highest BCUT2D eigenvalue weighted by Crippen LogP contribution is 2.13. The van der Waals surface area contributed by atoms with Crippen molar-refractivity contribution in [2.75, 3.05) is 13.7 Å². The van der Waals surface area contributed by atoms with Crippen molar-refractivity contribution in [2.24, 2.45) is 0 Å². The number of rotatable bonds is 3. The third-order valence-corrected chi connectivity index (χ3v) is 2.26. The fraction of sp³-hybridized carbons (Fsp3) is 0.300. The quantitative estimate of drug-likeness (QED) is 0.825. The maximum absolute atomic E-state index is 13.5. The highest BCUT2D eigenvalue weighted by atomic mass is 19.1. The number of nitrogens with zero attached hydrogens (tertiary/aromatic N) is 1. The number of aromatic nitrogens is 2. The minimum Gasteiger partial charge on any atom is -0.383 e. The van der Waals surface area contributed by atoms with Crippen LogP contribution in [0.4, 0.5) is 4.39 Å². The molecule has 1 aromatic heterocycles. The van der Waals surface area contributed by atoms with Crippen LogP contribution in [0.15, 0.2) is 23.0 Å². The van der Waals surface area contributed by atoms with Gasteiger partial charge in [0, 0.05) is 7.11 Å². The molecule has 0 amide bonds. The summed E-state index contributed by atoms with van der Waals surface area (Å²) in [7, 11) is 1.54. The van der Waals surface area contributed by atoms with Crippen molar-refractivity contribution >= 4 is 11.0 Å². The molecule has 0 radical (unpaired) electrons. The summed E-state index contributed by atoms with van der Waals surface area (Å²) in [5.41, 5.74) is 0.503. The zero-order valence-electron chi connectivity index (χ0n) is 8.29. The number of benzene rings is 1. The molecule has 15 heavy (non-hydrogen) atoms. The number of aromatic amines is 1. The first-order valence-electron chi connectivity index (χ1n) is 4.60. The molecule has 0 aliphatic heterocycles. The van der Waals surface area contributed by atoms with Gasteiger partial charge in [0.25, 0.3) is 0 Å². The second-order valence-electron chi connectivity index (χ2n) is 3.21. The van der Waals surface area contributed by atoms with E-state index in [4.69, 9.17) is 4.74 Å². The lowest BCUT2D eigenvalue weighted by Gasteiger charge is -2.02. The van der Waals surface area contributed by atoms with Crippen molar-refractivity contribution in [2.45, 2.75) is 6.54 Å². The molecule has 0 fully saturated rings. The number of fused-ring (bicyclic) bond motifs is 1. The molecule has 1 heterocycles. The Labute approximate surface area is 85.3 Å². The molecule has 5 heteroatoms. The van der Waals surface area contributed by atoms with Gasteiger partial charge in [-0.05, 0) is 12.1 Å². The molecule has 1 aromatic carbocycles. The van der Waals surface area contributed by atoms with Gasteiger partial charge in [-0.3, -0.25) is 4.57 Å². The number of hydrogen-bond acceptors (Lipinski definition) is 2. The fourth-order valence-electron chi connectivity index (χ4n) is 1.57. The van der Waals surface area contributed by atoms with Gasteiger partial charge in [0.1, 0.15) is 11.3 Å². The molecule has 0 saturated carbocycles. The van der Waals surface area contributed by atoms with Crippen LogP contribution in [-0.2, 0) is 11.3 Å². The first kappa shape index (κ1) is 9.92. The Morgan fingerprint density at radius 2 is 2.33 bits per heavy atom. The molecule has 0 bridgehead atoms. The molecular formula is C10H11FN2O2. The molecular weight excluding hydrogens is 199 g/mol. The van der Waals surface area contributed by atoms with Gasteiger partial charge < -0.3 is 9.72 Å². The third-order valence-electron chi connectivity index (χ3n) is 2.26. The van der Waals surface area contributed by atoms with Crippen LogP contribution in [-0.4, -0.2) is 23.3 Å². The summed E-state index contributed by atoms with van der Waals surface area (Å²) in [4.78, 5) is 14.1. The first-order valence-corrected chi connectivity index (χ1v) is 4.60. The van der Waals surface area contributed by atoms with Gasteiger partial charge in [0.05, 0.1) is 18.7 Å². The summed E-state index contributed by atoms with van der Waals surface area (Å²) < 4.78 is 19.7. The Hall–Kier alpha value is -1.62. The van der Waals surface area contributed by atoms with Crippen LogP contribution in [0, 0.1) is 5.82 Å². The molecule has 4 nitrogen and oxygen atoms in total. The van der Waals surface area contributed by atoms with Gasteiger partial charge in [-0.25, -0.2) is 9.18 Å². The summed E-state index contributed by atoms with van der Waals surface area (Å²) in [5.74, 6) is -0.401. The maximum Gasteiger partial charge on any atom is 0.326 e. The summed E-state index contributed by atoms with van der Waals surface area (Å²) >= 11 is 0. The Morgan fingerprint density at radius 1 is 1.53 bits per heavy atom. The molecule has 0 spiro atoms. The Bertz CT molecular complexity index is 530. The molecule has 0 saturated heterocycles. The zero-order valence-corrected chi connectivity index (χ0v) is 8.29. The fourth-order valence-corrected chi connectivity index (χ4v) is 1.57. The predicted octanol–water partition coefficient (Wildman–Crippen LogP) is 1.12. The van der Waals surface area contributed by atoms with Crippen molar-refractivity contribution in [3.63, 3.8) is 0 Å². The van der Waals surface area contributed by atoms with Gasteiger partial charge >= 0.3 is 5.69 Å². The van der Waals surface area contributed by atoms with E-state index in [1.54, 1.807) is 12.1 Å². The minimum atomic E-state index is -0.401. The lowest BCUT2D eigenvalue weighted by atomic mass is 10.3. The molecule has 80 valence electrons. The van der Waals surface area contributed by atoms with Crippen LogP contribution in [0.25, 0.3) is 11.0 Å². The van der Waals surface area contributed by atoms with Crippen LogP contribution < -0.4 is 5.69 Å². The van der Waals surface area contributed by atoms with Gasteiger partial charge in [0.15, 0.2) is 0 Å². The molecule has 2 aromatic rings. The number of nitrogens with one attached hydrogen (secondary N) is 1. The topological polar surface area (TPSA) is 47.0 Å². The average molecular weight is 210 g/mol. The maximum atomic E-state index is 13.5. The van der Waals surface area contributed by atoms with E-state index in [1.165, 1.54) is 17.7 Å². The lowest BCUT2D eigenvalue weighted by molar-refractivity contribution is 0.187. The first-order chi connectivity index (χ1) is 7.24. The number of H-pyrrole nitrogens is 1. The monoisotopic (exact) mass is 210 g/mol. The number of ether oxygens (including phenoxy) is 1. The molecule has 0 unspecified atom stereocenters. The third kappa shape index (κ3) is 1.66. The second-order valence-corrected chi connectivity index (χ2v) is 3.21. The van der Waals surface area contributed by atoms with Crippen molar-refractivity contribution < 1.29 is 9.13 Å². The van der Waals surface area contributed by atoms with E-state index in [-0.39, 0.29) is 5.69 Å². The Balaban J connectivity index is 2.61. The van der Waals surface area contributed by atoms with E-state index in [9.17, 15) is 9.18 Å². The lowest BCUT2D eigenvalue weighted by Crippen LogP contribution is -2.19. The van der Waals surface area contributed by atoms with E-state index >= 15 is 0 Å². The van der Waals surface area contributed by atoms with Gasteiger partial charge in [0.2, 0.25) is 0 Å². The van der Waals surface area contributed by atoms with Gasteiger partial charge in [-0.2, -0.15) is 0 Å². The largest absolute Gasteiger partial charge is 0.383 e. The van der Waals surface area contributed by atoms with Crippen LogP contribution in [0.2, 0.25) is 0 Å². The zero-order chi connectivity index (χ0) is 10.8. The molecule has 1 N–H and O–H groups in total. The van der Waals surface area contributed by atoms with Crippen molar-refractivity contribution in [3.8, 4) is 0 Å².